The van der Waals surface area contributed by atoms with E-state index in [2.05, 4.69) is 0 Å². The summed E-state index contributed by atoms with van der Waals surface area (Å²) in [6, 6.07) is 11.9. The Kier molecular flexibility index (Phi) is 4.58. The summed E-state index contributed by atoms with van der Waals surface area (Å²) < 4.78 is 24.3. The number of benzene rings is 2. The third-order valence-corrected chi connectivity index (χ3v) is 2.96. The largest absolute Gasteiger partial charge is 0.497 e. The highest BCUT2D eigenvalue weighted by Gasteiger charge is 2.09. The Morgan fingerprint density at radius 3 is 2.60 bits per heavy atom. The van der Waals surface area contributed by atoms with Crippen LogP contribution in [0.3, 0.4) is 0 Å². The van der Waals surface area contributed by atoms with Gasteiger partial charge in [0.1, 0.15) is 23.9 Å². The molecule has 0 bridgehead atoms. The molecular formula is C16H17FO3. The molecule has 0 aromatic heterocycles. The van der Waals surface area contributed by atoms with E-state index in [1.807, 2.05) is 24.3 Å². The molecule has 0 saturated carbocycles. The number of aliphatic hydroxyl groups excluding tert-OH is 1. The van der Waals surface area contributed by atoms with Crippen molar-refractivity contribution in [3.8, 4) is 11.5 Å². The van der Waals surface area contributed by atoms with Gasteiger partial charge in [-0.2, -0.15) is 0 Å². The van der Waals surface area contributed by atoms with Crippen molar-refractivity contribution in [2.75, 3.05) is 7.11 Å². The van der Waals surface area contributed by atoms with Crippen molar-refractivity contribution in [1.29, 1.82) is 0 Å². The van der Waals surface area contributed by atoms with Gasteiger partial charge in [0.15, 0.2) is 0 Å². The molecule has 1 atom stereocenters. The zero-order valence-electron chi connectivity index (χ0n) is 11.5. The van der Waals surface area contributed by atoms with Gasteiger partial charge in [0, 0.05) is 11.6 Å². The lowest BCUT2D eigenvalue weighted by Gasteiger charge is -2.10. The average Bonchev–Trinajstić information content (AvgIpc) is 2.45. The Balaban J connectivity index is 2.05. The Morgan fingerprint density at radius 1 is 1.15 bits per heavy atom. The van der Waals surface area contributed by atoms with Crippen LogP contribution in [0.1, 0.15) is 24.2 Å². The summed E-state index contributed by atoms with van der Waals surface area (Å²) in [6.07, 6.45) is -0.831. The van der Waals surface area contributed by atoms with E-state index >= 15 is 0 Å². The highest BCUT2D eigenvalue weighted by molar-refractivity contribution is 5.31. The zero-order chi connectivity index (χ0) is 14.5. The summed E-state index contributed by atoms with van der Waals surface area (Å²) in [5, 5.41) is 9.37. The molecular weight excluding hydrogens is 259 g/mol. The molecule has 106 valence electrons. The Bertz CT molecular complexity index is 582. The number of rotatable bonds is 5. The van der Waals surface area contributed by atoms with Crippen molar-refractivity contribution in [3.63, 3.8) is 0 Å². The summed E-state index contributed by atoms with van der Waals surface area (Å²) in [4.78, 5) is 0. The number of hydrogen-bond acceptors (Lipinski definition) is 3. The number of aliphatic hydroxyl groups is 1. The summed E-state index contributed by atoms with van der Waals surface area (Å²) in [7, 11) is 1.60. The van der Waals surface area contributed by atoms with Gasteiger partial charge in [0.2, 0.25) is 0 Å². The Hall–Kier alpha value is -2.07. The van der Waals surface area contributed by atoms with Gasteiger partial charge in [0.25, 0.3) is 0 Å². The number of methoxy groups -OCH3 is 1. The van der Waals surface area contributed by atoms with Gasteiger partial charge in [0.05, 0.1) is 13.2 Å². The topological polar surface area (TPSA) is 38.7 Å². The minimum absolute atomic E-state index is 0.263. The van der Waals surface area contributed by atoms with Crippen molar-refractivity contribution in [1.82, 2.24) is 0 Å². The third-order valence-electron chi connectivity index (χ3n) is 2.96. The molecule has 0 aliphatic rings. The second-order valence-electron chi connectivity index (χ2n) is 4.50. The van der Waals surface area contributed by atoms with E-state index in [-0.39, 0.29) is 5.56 Å². The predicted molar refractivity (Wildman–Crippen MR) is 74.4 cm³/mol. The molecule has 0 aliphatic heterocycles. The summed E-state index contributed by atoms with van der Waals surface area (Å²) in [6.45, 7) is 1.85. The molecule has 2 rings (SSSR count). The first-order chi connectivity index (χ1) is 9.60. The quantitative estimate of drug-likeness (QED) is 0.908. The number of halogens is 1. The molecule has 0 fully saturated rings. The first-order valence-electron chi connectivity index (χ1n) is 6.33. The van der Waals surface area contributed by atoms with Crippen molar-refractivity contribution in [2.45, 2.75) is 19.6 Å². The first-order valence-corrected chi connectivity index (χ1v) is 6.33. The minimum Gasteiger partial charge on any atom is -0.497 e. The third kappa shape index (κ3) is 3.48. The van der Waals surface area contributed by atoms with Crippen LogP contribution in [-0.4, -0.2) is 12.2 Å². The van der Waals surface area contributed by atoms with Crippen LogP contribution in [0.4, 0.5) is 4.39 Å². The highest BCUT2D eigenvalue weighted by Crippen LogP contribution is 2.22. The van der Waals surface area contributed by atoms with E-state index in [1.54, 1.807) is 13.2 Å². The first kappa shape index (κ1) is 14.3. The van der Waals surface area contributed by atoms with E-state index in [0.29, 0.717) is 12.4 Å². The molecule has 0 saturated heterocycles. The monoisotopic (exact) mass is 276 g/mol. The van der Waals surface area contributed by atoms with Gasteiger partial charge in [-0.15, -0.1) is 0 Å². The fraction of sp³-hybridized carbons (Fsp3) is 0.250. The van der Waals surface area contributed by atoms with E-state index in [4.69, 9.17) is 9.47 Å². The predicted octanol–water partition coefficient (Wildman–Crippen LogP) is 3.47. The summed E-state index contributed by atoms with van der Waals surface area (Å²) in [5.74, 6) is 0.708. The molecule has 0 aliphatic carbocycles. The smallest absolute Gasteiger partial charge is 0.132 e. The van der Waals surface area contributed by atoms with Gasteiger partial charge in [-0.1, -0.05) is 12.1 Å². The Morgan fingerprint density at radius 2 is 1.95 bits per heavy atom. The molecule has 20 heavy (non-hydrogen) atoms. The van der Waals surface area contributed by atoms with E-state index in [1.165, 1.54) is 19.1 Å². The van der Waals surface area contributed by atoms with Gasteiger partial charge in [-0.05, 0) is 36.8 Å². The van der Waals surface area contributed by atoms with Crippen molar-refractivity contribution in [3.05, 3.63) is 59.4 Å². The van der Waals surface area contributed by atoms with Crippen LogP contribution in [0.2, 0.25) is 0 Å². The second kappa shape index (κ2) is 6.39. The van der Waals surface area contributed by atoms with Crippen LogP contribution in [-0.2, 0) is 6.61 Å². The van der Waals surface area contributed by atoms with Gasteiger partial charge in [-0.3, -0.25) is 0 Å². The van der Waals surface area contributed by atoms with Crippen molar-refractivity contribution < 1.29 is 19.0 Å². The summed E-state index contributed by atoms with van der Waals surface area (Å²) >= 11 is 0. The number of hydrogen-bond donors (Lipinski definition) is 1. The molecule has 0 radical (unpaired) electrons. The lowest BCUT2D eigenvalue weighted by molar-refractivity contribution is 0.194. The molecule has 2 aromatic carbocycles. The maximum Gasteiger partial charge on any atom is 0.132 e. The van der Waals surface area contributed by atoms with Crippen LogP contribution in [0.15, 0.2) is 42.5 Å². The van der Waals surface area contributed by atoms with Crippen LogP contribution in [0.25, 0.3) is 0 Å². The van der Waals surface area contributed by atoms with Crippen LogP contribution in [0, 0.1) is 5.82 Å². The SMILES string of the molecule is COc1cccc(COc2ccc(C(C)O)c(F)c2)c1. The second-order valence-corrected chi connectivity index (χ2v) is 4.50. The lowest BCUT2D eigenvalue weighted by Crippen LogP contribution is -1.99. The van der Waals surface area contributed by atoms with E-state index in [0.717, 1.165) is 11.3 Å². The Labute approximate surface area is 117 Å². The molecule has 0 heterocycles. The standard InChI is InChI=1S/C16H17FO3/c1-11(18)15-7-6-14(9-16(15)17)20-10-12-4-3-5-13(8-12)19-2/h3-9,11,18H,10H2,1-2H3. The van der Waals surface area contributed by atoms with E-state index < -0.39 is 11.9 Å². The van der Waals surface area contributed by atoms with Crippen LogP contribution >= 0.6 is 0 Å². The van der Waals surface area contributed by atoms with Crippen LogP contribution < -0.4 is 9.47 Å². The maximum atomic E-state index is 13.7. The molecule has 4 heteroatoms. The highest BCUT2D eigenvalue weighted by atomic mass is 19.1. The molecule has 0 spiro atoms. The van der Waals surface area contributed by atoms with Gasteiger partial charge >= 0.3 is 0 Å². The molecule has 2 aromatic rings. The number of ether oxygens (including phenoxy) is 2. The molecule has 1 unspecified atom stereocenters. The van der Waals surface area contributed by atoms with Gasteiger partial charge < -0.3 is 14.6 Å². The van der Waals surface area contributed by atoms with Gasteiger partial charge in [-0.25, -0.2) is 4.39 Å². The zero-order valence-corrected chi connectivity index (χ0v) is 11.5. The lowest BCUT2D eigenvalue weighted by atomic mass is 10.1. The molecule has 3 nitrogen and oxygen atoms in total. The fourth-order valence-electron chi connectivity index (χ4n) is 1.87. The maximum absolute atomic E-state index is 13.7. The fourth-order valence-corrected chi connectivity index (χ4v) is 1.87. The van der Waals surface area contributed by atoms with Crippen molar-refractivity contribution in [2.24, 2.45) is 0 Å². The average molecular weight is 276 g/mol. The normalized spacial score (nSPS) is 12.0. The van der Waals surface area contributed by atoms with Crippen molar-refractivity contribution >= 4 is 0 Å². The van der Waals surface area contributed by atoms with E-state index in [9.17, 15) is 9.50 Å². The summed E-state index contributed by atoms with van der Waals surface area (Å²) in [5.41, 5.74) is 1.20. The van der Waals surface area contributed by atoms with Crippen LogP contribution in [0.5, 0.6) is 11.5 Å². The molecule has 0 amide bonds. The molecule has 1 N–H and O–H groups in total. The minimum atomic E-state index is -0.831.